The molecule has 2 atom stereocenters. The van der Waals surface area contributed by atoms with Crippen molar-refractivity contribution in [3.63, 3.8) is 0 Å². The van der Waals surface area contributed by atoms with Gasteiger partial charge in [-0.2, -0.15) is 0 Å². The van der Waals surface area contributed by atoms with Crippen molar-refractivity contribution in [2.45, 2.75) is 59.1 Å². The van der Waals surface area contributed by atoms with Crippen LogP contribution in [-0.2, 0) is 9.53 Å². The van der Waals surface area contributed by atoms with Crippen LogP contribution in [0.15, 0.2) is 30.7 Å². The van der Waals surface area contributed by atoms with Crippen LogP contribution in [0.5, 0.6) is 0 Å². The molecule has 4 nitrogen and oxygen atoms in total. The maximum Gasteiger partial charge on any atom is 0.310 e. The van der Waals surface area contributed by atoms with E-state index in [1.54, 1.807) is 6.33 Å². The van der Waals surface area contributed by atoms with E-state index < -0.39 is 0 Å². The van der Waals surface area contributed by atoms with E-state index in [2.05, 4.69) is 44.0 Å². The highest BCUT2D eigenvalue weighted by molar-refractivity contribution is 5.73. The van der Waals surface area contributed by atoms with E-state index in [-0.39, 0.29) is 24.0 Å². The predicted molar refractivity (Wildman–Crippen MR) is 93.8 cm³/mol. The summed E-state index contributed by atoms with van der Waals surface area (Å²) in [7, 11) is 0. The molecular weight excluding hydrogens is 300 g/mol. The lowest BCUT2D eigenvalue weighted by Gasteiger charge is -2.25. The Hall–Kier alpha value is -2.10. The topological polar surface area (TPSA) is 44.1 Å². The number of esters is 1. The largest absolute Gasteiger partial charge is 0.441 e. The fraction of sp³-hybridized carbons (Fsp3) is 0.500. The summed E-state index contributed by atoms with van der Waals surface area (Å²) in [5, 5.41) is 0. The molecule has 4 heteroatoms. The van der Waals surface area contributed by atoms with Crippen LogP contribution in [0, 0.1) is 19.8 Å². The van der Waals surface area contributed by atoms with Crippen molar-refractivity contribution < 1.29 is 9.53 Å². The van der Waals surface area contributed by atoms with Gasteiger partial charge in [0.1, 0.15) is 0 Å². The summed E-state index contributed by atoms with van der Waals surface area (Å²) in [5.74, 6) is 0.233. The highest BCUT2D eigenvalue weighted by atomic mass is 16.6. The van der Waals surface area contributed by atoms with Gasteiger partial charge in [-0.15, -0.1) is 0 Å². The minimum atomic E-state index is -0.315. The second-order valence-electron chi connectivity index (χ2n) is 6.92. The third-order valence-corrected chi connectivity index (χ3v) is 5.32. The molecule has 0 bridgehead atoms. The van der Waals surface area contributed by atoms with E-state index in [9.17, 15) is 4.79 Å². The van der Waals surface area contributed by atoms with E-state index in [1.807, 2.05) is 17.7 Å². The van der Waals surface area contributed by atoms with Crippen molar-refractivity contribution in [3.05, 3.63) is 53.1 Å². The van der Waals surface area contributed by atoms with E-state index >= 15 is 0 Å². The number of rotatable bonds is 5. The van der Waals surface area contributed by atoms with Crippen molar-refractivity contribution in [3.8, 4) is 0 Å². The van der Waals surface area contributed by atoms with E-state index in [4.69, 9.17) is 4.74 Å². The average molecular weight is 326 g/mol. The van der Waals surface area contributed by atoms with E-state index in [0.717, 1.165) is 25.0 Å². The Morgan fingerprint density at radius 2 is 2.04 bits per heavy atom. The van der Waals surface area contributed by atoms with Crippen LogP contribution in [0.4, 0.5) is 0 Å². The molecule has 3 rings (SSSR count). The standard InChI is InChI=1S/C20H26N2O2/c1-13-7-5-10-18(14(13)2)15(3)19-11-22(12-21-19)16(4)24-20(23)17-8-6-9-17/h5,7,10-12,15-17H,6,8-9H2,1-4H3/t15-,16?/m0/s1. The molecule has 0 saturated heterocycles. The first-order valence-electron chi connectivity index (χ1n) is 8.77. The molecular formula is C20H26N2O2. The third-order valence-electron chi connectivity index (χ3n) is 5.32. The summed E-state index contributed by atoms with van der Waals surface area (Å²) < 4.78 is 7.45. The van der Waals surface area contributed by atoms with Crippen LogP contribution in [0.1, 0.15) is 67.6 Å². The Labute approximate surface area is 143 Å². The summed E-state index contributed by atoms with van der Waals surface area (Å²) in [4.78, 5) is 16.5. The first-order chi connectivity index (χ1) is 11.5. The molecule has 1 aliphatic carbocycles. The monoisotopic (exact) mass is 326 g/mol. The van der Waals surface area contributed by atoms with Gasteiger partial charge in [-0.3, -0.25) is 4.79 Å². The molecule has 1 heterocycles. The molecule has 1 unspecified atom stereocenters. The summed E-state index contributed by atoms with van der Waals surface area (Å²) in [6, 6.07) is 6.38. The lowest BCUT2D eigenvalue weighted by Crippen LogP contribution is -2.26. The molecule has 0 aliphatic heterocycles. The van der Waals surface area contributed by atoms with Gasteiger partial charge in [0.05, 0.1) is 17.9 Å². The minimum absolute atomic E-state index is 0.0772. The van der Waals surface area contributed by atoms with Crippen LogP contribution in [-0.4, -0.2) is 15.5 Å². The number of carbonyl (C=O) groups excluding carboxylic acids is 1. The number of ether oxygens (including phenoxy) is 1. The second-order valence-corrected chi connectivity index (χ2v) is 6.92. The van der Waals surface area contributed by atoms with Crippen LogP contribution in [0.3, 0.4) is 0 Å². The van der Waals surface area contributed by atoms with E-state index in [0.29, 0.717) is 0 Å². The molecule has 24 heavy (non-hydrogen) atoms. The fourth-order valence-corrected chi connectivity index (χ4v) is 3.15. The number of nitrogens with zero attached hydrogens (tertiary/aromatic N) is 2. The summed E-state index contributed by atoms with van der Waals surface area (Å²) in [6.07, 6.45) is 6.50. The number of imidazole rings is 1. The van der Waals surface area contributed by atoms with E-state index in [1.165, 1.54) is 16.7 Å². The minimum Gasteiger partial charge on any atom is -0.441 e. The second kappa shape index (κ2) is 6.80. The van der Waals surface area contributed by atoms with Crippen LogP contribution < -0.4 is 0 Å². The molecule has 0 spiro atoms. The zero-order valence-electron chi connectivity index (χ0n) is 15.0. The summed E-state index contributed by atoms with van der Waals surface area (Å²) >= 11 is 0. The lowest BCUT2D eigenvalue weighted by atomic mass is 9.86. The van der Waals surface area contributed by atoms with Crippen LogP contribution in [0.25, 0.3) is 0 Å². The summed E-state index contributed by atoms with van der Waals surface area (Å²) in [6.45, 7) is 8.34. The van der Waals surface area contributed by atoms with Crippen LogP contribution in [0.2, 0.25) is 0 Å². The molecule has 1 aliphatic rings. The van der Waals surface area contributed by atoms with Crippen molar-refractivity contribution >= 4 is 5.97 Å². The Balaban J connectivity index is 1.72. The Morgan fingerprint density at radius 1 is 1.29 bits per heavy atom. The van der Waals surface area contributed by atoms with Gasteiger partial charge in [-0.05, 0) is 50.3 Å². The number of hydrogen-bond donors (Lipinski definition) is 0. The summed E-state index contributed by atoms with van der Waals surface area (Å²) in [5.41, 5.74) is 4.89. The van der Waals surface area contributed by atoms with Crippen molar-refractivity contribution in [2.24, 2.45) is 5.92 Å². The van der Waals surface area contributed by atoms with Gasteiger partial charge in [0.2, 0.25) is 0 Å². The quantitative estimate of drug-likeness (QED) is 0.759. The number of carbonyl (C=O) groups is 1. The highest BCUT2D eigenvalue weighted by Crippen LogP contribution is 2.30. The first-order valence-corrected chi connectivity index (χ1v) is 8.77. The zero-order valence-corrected chi connectivity index (χ0v) is 15.0. The molecule has 0 N–H and O–H groups in total. The van der Waals surface area contributed by atoms with Gasteiger partial charge < -0.3 is 9.30 Å². The maximum absolute atomic E-state index is 12.0. The van der Waals surface area contributed by atoms with Gasteiger partial charge in [-0.1, -0.05) is 31.5 Å². The maximum atomic E-state index is 12.0. The third kappa shape index (κ3) is 3.23. The molecule has 1 aromatic carbocycles. The Kier molecular flexibility index (Phi) is 4.74. The molecule has 128 valence electrons. The van der Waals surface area contributed by atoms with Gasteiger partial charge in [0, 0.05) is 12.1 Å². The molecule has 1 saturated carbocycles. The number of benzene rings is 1. The van der Waals surface area contributed by atoms with Crippen molar-refractivity contribution in [2.75, 3.05) is 0 Å². The number of aryl methyl sites for hydroxylation is 1. The Bertz CT molecular complexity index is 731. The van der Waals surface area contributed by atoms with Gasteiger partial charge in [-0.25, -0.2) is 4.98 Å². The van der Waals surface area contributed by atoms with Crippen molar-refractivity contribution in [1.82, 2.24) is 9.55 Å². The first kappa shape index (κ1) is 16.7. The molecule has 1 fully saturated rings. The van der Waals surface area contributed by atoms with Crippen LogP contribution >= 0.6 is 0 Å². The highest BCUT2D eigenvalue weighted by Gasteiger charge is 2.28. The van der Waals surface area contributed by atoms with Gasteiger partial charge in [0.15, 0.2) is 6.23 Å². The molecule has 2 aromatic rings. The van der Waals surface area contributed by atoms with Gasteiger partial charge in [0.25, 0.3) is 0 Å². The smallest absolute Gasteiger partial charge is 0.310 e. The lowest BCUT2D eigenvalue weighted by molar-refractivity contribution is -0.160. The SMILES string of the molecule is Cc1cccc([C@H](C)c2cn(C(C)OC(=O)C3CCC3)cn2)c1C. The zero-order chi connectivity index (χ0) is 17.3. The molecule has 1 aromatic heterocycles. The Morgan fingerprint density at radius 3 is 2.71 bits per heavy atom. The number of hydrogen-bond acceptors (Lipinski definition) is 3. The average Bonchev–Trinajstić information content (AvgIpc) is 2.97. The normalized spacial score (nSPS) is 17.2. The molecule has 0 radical (unpaired) electrons. The van der Waals surface area contributed by atoms with Gasteiger partial charge >= 0.3 is 5.97 Å². The number of aromatic nitrogens is 2. The van der Waals surface area contributed by atoms with Crippen molar-refractivity contribution in [1.29, 1.82) is 0 Å². The molecule has 0 amide bonds. The predicted octanol–water partition coefficient (Wildman–Crippen LogP) is 4.51. The fourth-order valence-electron chi connectivity index (χ4n) is 3.15.